The predicted molar refractivity (Wildman–Crippen MR) is 97.5 cm³/mol. The largest absolute Gasteiger partial charge is 0.508 e. The second kappa shape index (κ2) is 6.18. The third-order valence-electron chi connectivity index (χ3n) is 7.82. The first-order valence-corrected chi connectivity index (χ1v) is 9.74. The molecule has 27 heavy (non-hydrogen) atoms. The molecule has 3 N–H and O–H groups in total. The van der Waals surface area contributed by atoms with E-state index in [9.17, 15) is 24.1 Å². The maximum Gasteiger partial charge on any atom is 0.268 e. The lowest BCUT2D eigenvalue weighted by Gasteiger charge is -2.52. The van der Waals surface area contributed by atoms with E-state index in [1.165, 1.54) is 0 Å². The number of aliphatic hydroxyl groups excluding tert-OH is 1. The number of aromatic hydroxyl groups is 1. The van der Waals surface area contributed by atoms with Gasteiger partial charge in [0.25, 0.3) is 6.43 Å². The van der Waals surface area contributed by atoms with Gasteiger partial charge in [-0.1, -0.05) is 12.8 Å². The number of fused-ring (bicyclic) bond motifs is 5. The minimum Gasteiger partial charge on any atom is -0.508 e. The number of phenolic OH excluding ortho intramolecular Hbond substituents is 1. The van der Waals surface area contributed by atoms with Gasteiger partial charge in [-0.05, 0) is 79.5 Å². The highest BCUT2D eigenvalue weighted by atomic mass is 19.3. The van der Waals surface area contributed by atoms with Gasteiger partial charge in [0.1, 0.15) is 17.5 Å². The Morgan fingerprint density at radius 1 is 1.22 bits per heavy atom. The van der Waals surface area contributed by atoms with Crippen molar-refractivity contribution in [2.75, 3.05) is 0 Å². The number of benzene rings is 1. The molecule has 3 aliphatic rings. The maximum atomic E-state index is 13.0. The molecule has 0 saturated heterocycles. The molecule has 0 aliphatic heterocycles. The van der Waals surface area contributed by atoms with Crippen molar-refractivity contribution in [2.45, 2.75) is 69.5 Å². The van der Waals surface area contributed by atoms with E-state index in [1.807, 2.05) is 0 Å². The Balaban J connectivity index is 1.72. The van der Waals surface area contributed by atoms with Crippen LogP contribution in [0.15, 0.2) is 12.1 Å². The molecule has 2 saturated carbocycles. The highest BCUT2D eigenvalue weighted by molar-refractivity contribution is 5.47. The minimum absolute atomic E-state index is 0.0933. The van der Waals surface area contributed by atoms with Gasteiger partial charge in [0, 0.05) is 11.0 Å². The molecule has 0 radical (unpaired) electrons. The van der Waals surface area contributed by atoms with Crippen molar-refractivity contribution in [2.24, 2.45) is 17.3 Å². The Hall–Kier alpha value is -1.64. The quantitative estimate of drug-likeness (QED) is 0.686. The summed E-state index contributed by atoms with van der Waals surface area (Å²) in [6.45, 7) is 2.10. The van der Waals surface area contributed by atoms with E-state index in [2.05, 4.69) is 12.8 Å². The summed E-state index contributed by atoms with van der Waals surface area (Å²) >= 11 is 0. The molecule has 4 rings (SSSR count). The zero-order valence-electron chi connectivity index (χ0n) is 15.5. The topological polar surface area (TPSA) is 60.7 Å². The number of aryl methyl sites for hydroxylation is 1. The Morgan fingerprint density at radius 3 is 2.63 bits per heavy atom. The standard InChI is InChI=1S/C22H26F2O3/c1-3-22(27)9-7-17-14-5-4-12-10-18(25)16(19(26)20(23)24)11-15(12)13(14)6-8-21(17,22)2/h1,10-11,13-14,17,19-20,25-27H,4-9H2,2H3/t13-,14+,17-,19?,21-,22-/m0/s1. The number of phenols is 1. The molecule has 0 bridgehead atoms. The first-order valence-electron chi connectivity index (χ1n) is 9.74. The summed E-state index contributed by atoms with van der Waals surface area (Å²) in [4.78, 5) is 0. The molecule has 146 valence electrons. The van der Waals surface area contributed by atoms with Gasteiger partial charge < -0.3 is 15.3 Å². The third kappa shape index (κ3) is 2.53. The number of rotatable bonds is 2. The van der Waals surface area contributed by atoms with Gasteiger partial charge >= 0.3 is 0 Å². The summed E-state index contributed by atoms with van der Waals surface area (Å²) in [7, 11) is 0. The monoisotopic (exact) mass is 376 g/mol. The number of halogens is 2. The van der Waals surface area contributed by atoms with E-state index in [-0.39, 0.29) is 22.6 Å². The normalized spacial score (nSPS) is 38.6. The molecule has 3 nitrogen and oxygen atoms in total. The molecule has 1 aromatic rings. The van der Waals surface area contributed by atoms with Crippen LogP contribution in [0.5, 0.6) is 5.75 Å². The van der Waals surface area contributed by atoms with Gasteiger partial charge in [-0.3, -0.25) is 0 Å². The van der Waals surface area contributed by atoms with Crippen molar-refractivity contribution < 1.29 is 24.1 Å². The first kappa shape index (κ1) is 18.7. The average molecular weight is 376 g/mol. The Bertz CT molecular complexity index is 801. The van der Waals surface area contributed by atoms with E-state index < -0.39 is 18.1 Å². The van der Waals surface area contributed by atoms with Gasteiger partial charge in [-0.2, -0.15) is 0 Å². The van der Waals surface area contributed by atoms with Crippen molar-refractivity contribution >= 4 is 0 Å². The molecule has 6 atom stereocenters. The van der Waals surface area contributed by atoms with Crippen molar-refractivity contribution in [3.05, 3.63) is 28.8 Å². The smallest absolute Gasteiger partial charge is 0.268 e. The summed E-state index contributed by atoms with van der Waals surface area (Å²) in [5.41, 5.74) is 0.464. The molecule has 0 amide bonds. The van der Waals surface area contributed by atoms with Gasteiger partial charge in [0.05, 0.1) is 0 Å². The van der Waals surface area contributed by atoms with Crippen LogP contribution in [-0.4, -0.2) is 27.3 Å². The molecule has 2 fully saturated rings. The van der Waals surface area contributed by atoms with Crippen molar-refractivity contribution in [3.63, 3.8) is 0 Å². The zero-order chi connectivity index (χ0) is 19.6. The van der Waals surface area contributed by atoms with Gasteiger partial charge in [0.15, 0.2) is 0 Å². The minimum atomic E-state index is -2.94. The van der Waals surface area contributed by atoms with Crippen LogP contribution in [0.3, 0.4) is 0 Å². The molecule has 1 unspecified atom stereocenters. The molecular formula is C22H26F2O3. The SMILES string of the molecule is C#C[C@]1(O)CC[C@H]2[C@@H]3CCc4cc(O)c(C(O)C(F)F)cc4[C@H]3CC[C@@]21C. The van der Waals surface area contributed by atoms with Crippen LogP contribution in [0.25, 0.3) is 0 Å². The fourth-order valence-electron chi connectivity index (χ4n) is 6.25. The molecule has 0 spiro atoms. The van der Waals surface area contributed by atoms with Crippen LogP contribution in [0, 0.1) is 29.6 Å². The second-order valence-corrected chi connectivity index (χ2v) is 8.80. The van der Waals surface area contributed by atoms with E-state index >= 15 is 0 Å². The summed E-state index contributed by atoms with van der Waals surface area (Å²) in [5.74, 6) is 3.20. The Kier molecular flexibility index (Phi) is 4.29. The molecular weight excluding hydrogens is 350 g/mol. The summed E-state index contributed by atoms with van der Waals surface area (Å²) in [5, 5.41) is 30.9. The second-order valence-electron chi connectivity index (χ2n) is 8.80. The number of alkyl halides is 2. The van der Waals surface area contributed by atoms with Crippen LogP contribution < -0.4 is 0 Å². The van der Waals surface area contributed by atoms with Crippen LogP contribution in [0.4, 0.5) is 8.78 Å². The molecule has 0 heterocycles. The summed E-state index contributed by atoms with van der Waals surface area (Å²) in [6.07, 6.45) is 5.53. The number of hydrogen-bond acceptors (Lipinski definition) is 3. The third-order valence-corrected chi connectivity index (χ3v) is 7.82. The maximum absolute atomic E-state index is 13.0. The van der Waals surface area contributed by atoms with Crippen molar-refractivity contribution in [3.8, 4) is 18.1 Å². The lowest BCUT2D eigenvalue weighted by atomic mass is 9.53. The lowest BCUT2D eigenvalue weighted by molar-refractivity contribution is -0.0647. The highest BCUT2D eigenvalue weighted by Gasteiger charge is 2.61. The number of hydrogen-bond donors (Lipinski definition) is 3. The predicted octanol–water partition coefficient (Wildman–Crippen LogP) is 3.91. The summed E-state index contributed by atoms with van der Waals surface area (Å²) < 4.78 is 26.0. The first-order chi connectivity index (χ1) is 12.7. The van der Waals surface area contributed by atoms with E-state index in [1.54, 1.807) is 12.1 Å². The molecule has 1 aromatic carbocycles. The average Bonchev–Trinajstić information content (AvgIpc) is 2.92. The van der Waals surface area contributed by atoms with Crippen molar-refractivity contribution in [1.82, 2.24) is 0 Å². The Morgan fingerprint density at radius 2 is 1.96 bits per heavy atom. The zero-order valence-corrected chi connectivity index (χ0v) is 15.5. The van der Waals surface area contributed by atoms with Crippen LogP contribution >= 0.6 is 0 Å². The molecule has 0 aromatic heterocycles. The lowest BCUT2D eigenvalue weighted by Crippen LogP contribution is -2.50. The van der Waals surface area contributed by atoms with Gasteiger partial charge in [0.2, 0.25) is 0 Å². The van der Waals surface area contributed by atoms with Crippen LogP contribution in [0.1, 0.15) is 67.7 Å². The number of terminal acetylenes is 1. The molecule has 3 aliphatic carbocycles. The highest BCUT2D eigenvalue weighted by Crippen LogP contribution is 2.64. The van der Waals surface area contributed by atoms with Crippen LogP contribution in [0.2, 0.25) is 0 Å². The Labute approximate surface area is 158 Å². The number of aliphatic hydroxyl groups is 2. The van der Waals surface area contributed by atoms with Gasteiger partial charge in [-0.15, -0.1) is 6.42 Å². The van der Waals surface area contributed by atoms with Gasteiger partial charge in [-0.25, -0.2) is 8.78 Å². The fourth-order valence-corrected chi connectivity index (χ4v) is 6.25. The van der Waals surface area contributed by atoms with E-state index in [0.29, 0.717) is 18.3 Å². The molecule has 5 heteroatoms. The fraction of sp³-hybridized carbons (Fsp3) is 0.636. The van der Waals surface area contributed by atoms with E-state index in [4.69, 9.17) is 6.42 Å². The van der Waals surface area contributed by atoms with E-state index in [0.717, 1.165) is 43.2 Å². The summed E-state index contributed by atoms with van der Waals surface area (Å²) in [6, 6.07) is 3.13. The van der Waals surface area contributed by atoms with Crippen LogP contribution in [-0.2, 0) is 6.42 Å². The van der Waals surface area contributed by atoms with Crippen molar-refractivity contribution in [1.29, 1.82) is 0 Å².